The number of hydrogen-bond donors (Lipinski definition) is 1. The van der Waals surface area contributed by atoms with E-state index in [0.717, 1.165) is 31.4 Å². The molecule has 0 bridgehead atoms. The predicted molar refractivity (Wildman–Crippen MR) is 84.8 cm³/mol. The Morgan fingerprint density at radius 2 is 2.27 bits per heavy atom. The van der Waals surface area contributed by atoms with E-state index >= 15 is 0 Å². The molecule has 5 nitrogen and oxygen atoms in total. The van der Waals surface area contributed by atoms with Gasteiger partial charge in [0.15, 0.2) is 5.69 Å². The zero-order chi connectivity index (χ0) is 15.5. The van der Waals surface area contributed by atoms with Crippen molar-refractivity contribution in [1.29, 1.82) is 0 Å². The summed E-state index contributed by atoms with van der Waals surface area (Å²) in [5, 5.41) is 0. The Balaban J connectivity index is 1.75. The van der Waals surface area contributed by atoms with Crippen LogP contribution < -0.4 is 10.6 Å². The third-order valence-corrected chi connectivity index (χ3v) is 4.06. The maximum atomic E-state index is 12.6. The van der Waals surface area contributed by atoms with Crippen molar-refractivity contribution < 1.29 is 9.21 Å². The van der Waals surface area contributed by atoms with Crippen molar-refractivity contribution in [3.8, 4) is 0 Å². The third-order valence-electron chi connectivity index (χ3n) is 4.06. The van der Waals surface area contributed by atoms with Gasteiger partial charge in [-0.05, 0) is 24.5 Å². The Labute approximate surface area is 130 Å². The van der Waals surface area contributed by atoms with Crippen molar-refractivity contribution in [2.24, 2.45) is 5.73 Å². The van der Waals surface area contributed by atoms with E-state index in [9.17, 15) is 4.79 Å². The Bertz CT molecular complexity index is 665. The molecule has 2 aromatic rings. The van der Waals surface area contributed by atoms with Crippen molar-refractivity contribution in [2.75, 3.05) is 11.4 Å². The number of oxazole rings is 1. The Hall–Kier alpha value is -2.14. The number of unbranched alkanes of at least 4 members (excludes halogenated alkanes) is 1. The van der Waals surface area contributed by atoms with Crippen molar-refractivity contribution >= 4 is 11.6 Å². The Morgan fingerprint density at radius 1 is 1.45 bits per heavy atom. The number of anilines is 1. The molecule has 0 saturated carbocycles. The molecular weight excluding hydrogens is 278 g/mol. The van der Waals surface area contributed by atoms with Gasteiger partial charge in [0.2, 0.25) is 5.89 Å². The number of benzene rings is 1. The molecule has 5 heteroatoms. The SMILES string of the molecule is CCCCC(N)c1nc(C(=O)N2CCc3ccccc32)co1. The molecule has 2 heterocycles. The van der Waals surface area contributed by atoms with Gasteiger partial charge in [0.25, 0.3) is 5.91 Å². The molecule has 0 aliphatic carbocycles. The van der Waals surface area contributed by atoms with Crippen LogP contribution in [0.4, 0.5) is 5.69 Å². The number of nitrogens with two attached hydrogens (primary N) is 1. The average molecular weight is 299 g/mol. The minimum Gasteiger partial charge on any atom is -0.446 e. The summed E-state index contributed by atoms with van der Waals surface area (Å²) in [7, 11) is 0. The standard InChI is InChI=1S/C17H21N3O2/c1-2-3-7-13(18)16-19-14(11-22-16)17(21)20-10-9-12-6-4-5-8-15(12)20/h4-6,8,11,13H,2-3,7,9-10,18H2,1H3. The lowest BCUT2D eigenvalue weighted by Gasteiger charge is -2.15. The fourth-order valence-electron chi connectivity index (χ4n) is 2.79. The molecule has 0 spiro atoms. The largest absolute Gasteiger partial charge is 0.446 e. The minimum atomic E-state index is -0.243. The van der Waals surface area contributed by atoms with E-state index < -0.39 is 0 Å². The number of carbonyl (C=O) groups is 1. The molecular formula is C17H21N3O2. The highest BCUT2D eigenvalue weighted by molar-refractivity contribution is 6.05. The molecule has 0 radical (unpaired) electrons. The summed E-state index contributed by atoms with van der Waals surface area (Å²) in [5.74, 6) is 0.326. The van der Waals surface area contributed by atoms with Crippen LogP contribution in [0.3, 0.4) is 0 Å². The molecule has 1 aromatic heterocycles. The summed E-state index contributed by atoms with van der Waals surface area (Å²) in [6.45, 7) is 2.80. The van der Waals surface area contributed by atoms with Gasteiger partial charge in [-0.15, -0.1) is 0 Å². The highest BCUT2D eigenvalue weighted by atomic mass is 16.3. The Kier molecular flexibility index (Phi) is 4.24. The number of para-hydroxylation sites is 1. The summed E-state index contributed by atoms with van der Waals surface area (Å²) >= 11 is 0. The first-order chi connectivity index (χ1) is 10.7. The molecule has 1 atom stereocenters. The van der Waals surface area contributed by atoms with E-state index in [2.05, 4.69) is 18.0 Å². The smallest absolute Gasteiger partial charge is 0.280 e. The quantitative estimate of drug-likeness (QED) is 0.921. The molecule has 116 valence electrons. The lowest BCUT2D eigenvalue weighted by molar-refractivity contribution is 0.0984. The van der Waals surface area contributed by atoms with E-state index in [1.807, 2.05) is 18.2 Å². The summed E-state index contributed by atoms with van der Waals surface area (Å²) in [6.07, 6.45) is 5.21. The second kappa shape index (κ2) is 6.32. The molecule has 1 aromatic carbocycles. The molecule has 2 N–H and O–H groups in total. The van der Waals surface area contributed by atoms with Gasteiger partial charge in [0.1, 0.15) is 6.26 Å². The van der Waals surface area contributed by atoms with Crippen LogP contribution in [-0.4, -0.2) is 17.4 Å². The molecule has 0 saturated heterocycles. The van der Waals surface area contributed by atoms with Crippen molar-refractivity contribution in [3.05, 3.63) is 47.7 Å². The lowest BCUT2D eigenvalue weighted by atomic mass is 10.1. The number of hydrogen-bond acceptors (Lipinski definition) is 4. The predicted octanol–water partition coefficient (Wildman–Crippen LogP) is 3.07. The van der Waals surface area contributed by atoms with Gasteiger partial charge in [-0.1, -0.05) is 38.0 Å². The monoisotopic (exact) mass is 299 g/mol. The lowest BCUT2D eigenvalue weighted by Crippen LogP contribution is -2.29. The molecule has 1 aliphatic heterocycles. The van der Waals surface area contributed by atoms with Crippen molar-refractivity contribution in [1.82, 2.24) is 4.98 Å². The molecule has 3 rings (SSSR count). The van der Waals surface area contributed by atoms with E-state index in [4.69, 9.17) is 10.2 Å². The van der Waals surface area contributed by atoms with Crippen molar-refractivity contribution in [2.45, 2.75) is 38.6 Å². The first-order valence-electron chi connectivity index (χ1n) is 7.81. The van der Waals surface area contributed by atoms with Crippen LogP contribution in [0.2, 0.25) is 0 Å². The number of carbonyl (C=O) groups excluding carboxylic acids is 1. The van der Waals surface area contributed by atoms with E-state index in [0.29, 0.717) is 18.1 Å². The molecule has 1 amide bonds. The first-order valence-corrected chi connectivity index (χ1v) is 7.81. The summed E-state index contributed by atoms with van der Waals surface area (Å²) < 4.78 is 5.41. The van der Waals surface area contributed by atoms with Crippen molar-refractivity contribution in [3.63, 3.8) is 0 Å². The highest BCUT2D eigenvalue weighted by Crippen LogP contribution is 2.29. The number of rotatable bonds is 5. The van der Waals surface area contributed by atoms with E-state index in [1.165, 1.54) is 11.8 Å². The van der Waals surface area contributed by atoms with Crippen LogP contribution in [0, 0.1) is 0 Å². The van der Waals surface area contributed by atoms with Crippen LogP contribution in [0.15, 0.2) is 34.9 Å². The Morgan fingerprint density at radius 3 is 3.09 bits per heavy atom. The van der Waals surface area contributed by atoms with Crippen LogP contribution in [0.25, 0.3) is 0 Å². The highest BCUT2D eigenvalue weighted by Gasteiger charge is 2.27. The van der Waals surface area contributed by atoms with Gasteiger partial charge in [-0.3, -0.25) is 4.79 Å². The zero-order valence-electron chi connectivity index (χ0n) is 12.8. The minimum absolute atomic E-state index is 0.123. The summed E-state index contributed by atoms with van der Waals surface area (Å²) in [5.41, 5.74) is 8.53. The first kappa shape index (κ1) is 14.8. The zero-order valence-corrected chi connectivity index (χ0v) is 12.8. The number of nitrogens with zero attached hydrogens (tertiary/aromatic N) is 2. The van der Waals surface area contributed by atoms with E-state index in [1.54, 1.807) is 4.90 Å². The van der Waals surface area contributed by atoms with Gasteiger partial charge < -0.3 is 15.1 Å². The molecule has 0 fully saturated rings. The maximum absolute atomic E-state index is 12.6. The number of amides is 1. The van der Waals surface area contributed by atoms with Gasteiger partial charge in [0, 0.05) is 12.2 Å². The third kappa shape index (κ3) is 2.76. The average Bonchev–Trinajstić information content (AvgIpc) is 3.19. The van der Waals surface area contributed by atoms with Gasteiger partial charge >= 0.3 is 0 Å². The van der Waals surface area contributed by atoms with Gasteiger partial charge in [-0.2, -0.15) is 0 Å². The summed E-state index contributed by atoms with van der Waals surface area (Å²) in [6, 6.07) is 7.71. The number of aromatic nitrogens is 1. The van der Waals surface area contributed by atoms with E-state index in [-0.39, 0.29) is 11.9 Å². The fourth-order valence-corrected chi connectivity index (χ4v) is 2.79. The van der Waals surface area contributed by atoms with Crippen LogP contribution in [0.1, 0.15) is 54.2 Å². The topological polar surface area (TPSA) is 72.4 Å². The molecule has 1 unspecified atom stereocenters. The second-order valence-electron chi connectivity index (χ2n) is 5.66. The van der Waals surface area contributed by atoms with Crippen LogP contribution in [0.5, 0.6) is 0 Å². The van der Waals surface area contributed by atoms with Gasteiger partial charge in [-0.25, -0.2) is 4.98 Å². The molecule has 22 heavy (non-hydrogen) atoms. The van der Waals surface area contributed by atoms with Gasteiger partial charge in [0.05, 0.1) is 6.04 Å². The molecule has 1 aliphatic rings. The number of fused-ring (bicyclic) bond motifs is 1. The second-order valence-corrected chi connectivity index (χ2v) is 5.66. The van der Waals surface area contributed by atoms with Crippen LogP contribution >= 0.6 is 0 Å². The normalized spacial score (nSPS) is 14.9. The summed E-state index contributed by atoms with van der Waals surface area (Å²) in [4.78, 5) is 18.7. The maximum Gasteiger partial charge on any atom is 0.280 e. The fraction of sp³-hybridized carbons (Fsp3) is 0.412. The van der Waals surface area contributed by atoms with Crippen LogP contribution in [-0.2, 0) is 6.42 Å².